The van der Waals surface area contributed by atoms with Crippen LogP contribution in [0.5, 0.6) is 5.75 Å². The largest absolute Gasteiger partial charge is 0.488 e. The van der Waals surface area contributed by atoms with Crippen LogP contribution in [-0.2, 0) is 19.2 Å². The molecule has 0 bridgehead atoms. The number of likely N-dealkylation sites (tertiary alicyclic amines) is 1. The van der Waals surface area contributed by atoms with Crippen LogP contribution in [0.4, 0.5) is 0 Å². The van der Waals surface area contributed by atoms with Gasteiger partial charge in [-0.25, -0.2) is 9.78 Å². The van der Waals surface area contributed by atoms with E-state index in [2.05, 4.69) is 27.5 Å². The first-order chi connectivity index (χ1) is 30.3. The predicted molar refractivity (Wildman–Crippen MR) is 239 cm³/mol. The number of aliphatic carboxylic acids is 1. The Morgan fingerprint density at radius 2 is 1.65 bits per heavy atom. The molecular formula is C50H54N6O7. The summed E-state index contributed by atoms with van der Waals surface area (Å²) in [5.74, 6) is -3.37. The summed E-state index contributed by atoms with van der Waals surface area (Å²) < 4.78 is 6.74. The van der Waals surface area contributed by atoms with E-state index in [0.717, 1.165) is 54.0 Å². The minimum Gasteiger partial charge on any atom is -0.488 e. The number of benzene rings is 3. The number of carbonyl (C=O) groups excluding carboxylic acids is 4. The molecule has 13 nitrogen and oxygen atoms in total. The van der Waals surface area contributed by atoms with E-state index in [1.807, 2.05) is 87.5 Å². The zero-order valence-electron chi connectivity index (χ0n) is 35.9. The van der Waals surface area contributed by atoms with Gasteiger partial charge in [0.25, 0.3) is 5.91 Å². The van der Waals surface area contributed by atoms with Crippen molar-refractivity contribution in [3.05, 3.63) is 115 Å². The van der Waals surface area contributed by atoms with Crippen LogP contribution < -0.4 is 20.7 Å². The van der Waals surface area contributed by atoms with Crippen molar-refractivity contribution in [2.24, 2.45) is 17.3 Å². The fraction of sp³-hybridized carbons (Fsp3) is 0.380. The molecule has 5 aromatic rings. The molecule has 3 heterocycles. The Morgan fingerprint density at radius 1 is 0.905 bits per heavy atom. The summed E-state index contributed by atoms with van der Waals surface area (Å²) >= 11 is 0. The van der Waals surface area contributed by atoms with Crippen LogP contribution in [-0.4, -0.2) is 85.9 Å². The van der Waals surface area contributed by atoms with Crippen molar-refractivity contribution in [3.8, 4) is 17.0 Å². The van der Waals surface area contributed by atoms with Crippen LogP contribution in [0.3, 0.4) is 0 Å². The highest BCUT2D eigenvalue weighted by molar-refractivity contribution is 6.01. The number of rotatable bonds is 13. The molecule has 63 heavy (non-hydrogen) atoms. The first-order valence-electron chi connectivity index (χ1n) is 21.8. The fourth-order valence-corrected chi connectivity index (χ4v) is 9.22. The van der Waals surface area contributed by atoms with E-state index >= 15 is 4.79 Å². The zero-order chi connectivity index (χ0) is 44.5. The minimum absolute atomic E-state index is 0.0265. The summed E-state index contributed by atoms with van der Waals surface area (Å²) in [6.07, 6.45) is 7.03. The molecule has 1 aliphatic heterocycles. The van der Waals surface area contributed by atoms with E-state index in [1.165, 1.54) is 11.0 Å². The molecule has 3 aliphatic rings. The molecule has 0 spiro atoms. The van der Waals surface area contributed by atoms with E-state index in [4.69, 9.17) is 9.72 Å². The van der Waals surface area contributed by atoms with Crippen molar-refractivity contribution < 1.29 is 33.8 Å². The Labute approximate surface area is 366 Å². The van der Waals surface area contributed by atoms with Gasteiger partial charge in [-0.3, -0.25) is 24.2 Å². The van der Waals surface area contributed by atoms with Gasteiger partial charge in [0.1, 0.15) is 35.5 Å². The first kappa shape index (κ1) is 43.0. The number of ether oxygens (including phenoxy) is 1. The first-order valence-corrected chi connectivity index (χ1v) is 21.8. The molecule has 8 rings (SSSR count). The van der Waals surface area contributed by atoms with E-state index in [9.17, 15) is 24.3 Å². The number of amides is 4. The van der Waals surface area contributed by atoms with E-state index in [-0.39, 0.29) is 25.3 Å². The number of hydrogen-bond acceptors (Lipinski definition) is 8. The van der Waals surface area contributed by atoms with Crippen molar-refractivity contribution in [1.29, 1.82) is 0 Å². The third-order valence-electron chi connectivity index (χ3n) is 12.9. The third-order valence-corrected chi connectivity index (χ3v) is 12.9. The average molecular weight is 851 g/mol. The summed E-state index contributed by atoms with van der Waals surface area (Å²) in [4.78, 5) is 81.2. The van der Waals surface area contributed by atoms with Gasteiger partial charge in [0.2, 0.25) is 17.7 Å². The Hall–Kier alpha value is -6.63. The van der Waals surface area contributed by atoms with Crippen LogP contribution in [0.15, 0.2) is 110 Å². The summed E-state index contributed by atoms with van der Waals surface area (Å²) in [7, 11) is 0. The lowest BCUT2D eigenvalue weighted by Gasteiger charge is -2.37. The Kier molecular flexibility index (Phi) is 12.0. The van der Waals surface area contributed by atoms with Crippen molar-refractivity contribution in [2.45, 2.75) is 95.5 Å². The maximum atomic E-state index is 15.1. The summed E-state index contributed by atoms with van der Waals surface area (Å²) in [5, 5.41) is 20.6. The van der Waals surface area contributed by atoms with E-state index in [1.54, 1.807) is 30.5 Å². The topological polar surface area (TPSA) is 180 Å². The molecule has 4 N–H and O–H groups in total. The van der Waals surface area contributed by atoms with Gasteiger partial charge in [0.05, 0.1) is 23.3 Å². The number of para-hydroxylation sites is 1. The number of carboxylic acids is 1. The SMILES string of the molecule is C=CC1C[C@]1(NC(=O)[C@@H]1C[C@@H](Oc2cc(-c3ccccc3)nc3ccccc23)CN1C(=O)[C@@H](NC(=O)[C@@H](NC(=O)c1ccc2ncccc2c1)C1CCCCC1)C(C)(C)C)C(=O)O. The lowest BCUT2D eigenvalue weighted by atomic mass is 9.82. The van der Waals surface area contributed by atoms with Crippen LogP contribution in [0.25, 0.3) is 33.1 Å². The average Bonchev–Trinajstić information content (AvgIpc) is 3.85. The quantitative estimate of drug-likeness (QED) is 0.0922. The summed E-state index contributed by atoms with van der Waals surface area (Å²) in [6.45, 7) is 9.23. The Bertz CT molecular complexity index is 2570. The van der Waals surface area contributed by atoms with Gasteiger partial charge in [-0.05, 0) is 67.0 Å². The predicted octanol–water partition coefficient (Wildman–Crippen LogP) is 6.85. The molecule has 4 amide bonds. The minimum atomic E-state index is -1.54. The highest BCUT2D eigenvalue weighted by atomic mass is 16.5. The number of nitrogens with one attached hydrogen (secondary N) is 3. The van der Waals surface area contributed by atoms with Crippen LogP contribution in [0.2, 0.25) is 0 Å². The molecule has 2 aliphatic carbocycles. The molecule has 1 saturated heterocycles. The molecule has 2 saturated carbocycles. The normalized spacial score (nSPS) is 22.1. The van der Waals surface area contributed by atoms with E-state index < -0.39 is 70.7 Å². The van der Waals surface area contributed by atoms with Gasteiger partial charge in [-0.15, -0.1) is 6.58 Å². The van der Waals surface area contributed by atoms with Gasteiger partial charge < -0.3 is 30.7 Å². The molecule has 3 aromatic carbocycles. The number of nitrogens with zero attached hydrogens (tertiary/aromatic N) is 3. The van der Waals surface area contributed by atoms with Crippen molar-refractivity contribution in [2.75, 3.05) is 6.54 Å². The number of hydrogen-bond donors (Lipinski definition) is 4. The van der Waals surface area contributed by atoms with Crippen LogP contribution >= 0.6 is 0 Å². The Balaban J connectivity index is 1.09. The zero-order valence-corrected chi connectivity index (χ0v) is 35.9. The smallest absolute Gasteiger partial charge is 0.330 e. The fourth-order valence-electron chi connectivity index (χ4n) is 9.22. The highest BCUT2D eigenvalue weighted by Crippen LogP contribution is 2.45. The second-order valence-electron chi connectivity index (χ2n) is 18.3. The van der Waals surface area contributed by atoms with Gasteiger partial charge in [-0.2, -0.15) is 0 Å². The van der Waals surface area contributed by atoms with Crippen molar-refractivity contribution >= 4 is 51.4 Å². The number of carbonyl (C=O) groups is 5. The number of aromatic nitrogens is 2. The maximum Gasteiger partial charge on any atom is 0.330 e. The number of fused-ring (bicyclic) bond motifs is 2. The standard InChI is InChI=1S/C50H54N6O7/c1-5-34-28-50(34,48(61)62)55-45(58)40-26-35(63-41-27-39(30-15-8-6-9-16-30)52-38-21-13-12-20-36(38)41)29-56(40)47(60)43(49(2,3)4)54-46(59)42(31-17-10-7-11-18-31)53-44(57)33-22-23-37-32(25-33)19-14-24-51-37/h5-6,8-9,12-16,19-25,27,31,34-35,40,42-43H,1,7,10-11,17-18,26,28-29H2,2-4H3,(H,53,57)(H,54,59)(H,55,58)(H,61,62)/t34?,35-,40+,42+,43-,50-/m1/s1. The second kappa shape index (κ2) is 17.6. The Morgan fingerprint density at radius 3 is 2.37 bits per heavy atom. The molecule has 0 radical (unpaired) electrons. The van der Waals surface area contributed by atoms with Crippen LogP contribution in [0.1, 0.15) is 76.1 Å². The van der Waals surface area contributed by atoms with Gasteiger partial charge in [0.15, 0.2) is 0 Å². The molecule has 6 atom stereocenters. The third kappa shape index (κ3) is 9.00. The molecule has 3 fully saturated rings. The monoisotopic (exact) mass is 850 g/mol. The van der Waals surface area contributed by atoms with E-state index in [0.29, 0.717) is 22.5 Å². The molecule has 2 aromatic heterocycles. The lowest BCUT2D eigenvalue weighted by Crippen LogP contribution is -2.62. The van der Waals surface area contributed by atoms with Gasteiger partial charge in [0, 0.05) is 46.5 Å². The second-order valence-corrected chi connectivity index (χ2v) is 18.3. The van der Waals surface area contributed by atoms with Crippen molar-refractivity contribution in [3.63, 3.8) is 0 Å². The number of pyridine rings is 2. The molecule has 326 valence electrons. The molecule has 1 unspecified atom stereocenters. The number of carboxylic acid groups (broad SMARTS) is 1. The van der Waals surface area contributed by atoms with Crippen LogP contribution in [0, 0.1) is 17.3 Å². The summed E-state index contributed by atoms with van der Waals surface area (Å²) in [5.41, 5.74) is 0.997. The molecule has 13 heteroatoms. The summed E-state index contributed by atoms with van der Waals surface area (Å²) in [6, 6.07) is 24.8. The van der Waals surface area contributed by atoms with Gasteiger partial charge >= 0.3 is 5.97 Å². The molecular weight excluding hydrogens is 797 g/mol. The van der Waals surface area contributed by atoms with Crippen molar-refractivity contribution in [1.82, 2.24) is 30.8 Å². The lowest BCUT2D eigenvalue weighted by molar-refractivity contribution is -0.147. The van der Waals surface area contributed by atoms with Gasteiger partial charge in [-0.1, -0.05) is 94.6 Å². The maximum absolute atomic E-state index is 15.1. The highest BCUT2D eigenvalue weighted by Gasteiger charge is 2.61.